The minimum Gasteiger partial charge on any atom is -0.336 e. The van der Waals surface area contributed by atoms with Crippen LogP contribution in [0.25, 0.3) is 0 Å². The summed E-state index contributed by atoms with van der Waals surface area (Å²) in [5, 5.41) is 4.08. The second kappa shape index (κ2) is 5.18. The highest BCUT2D eigenvalue weighted by Gasteiger charge is 2.24. The summed E-state index contributed by atoms with van der Waals surface area (Å²) in [5.74, 6) is 0.0701. The molecule has 94 valence electrons. The van der Waals surface area contributed by atoms with Gasteiger partial charge in [0.1, 0.15) is 4.60 Å². The number of aromatic nitrogens is 2. The van der Waals surface area contributed by atoms with Crippen molar-refractivity contribution in [1.29, 1.82) is 0 Å². The predicted octanol–water partition coefficient (Wildman–Crippen LogP) is 0.960. The maximum atomic E-state index is 12.3. The Morgan fingerprint density at radius 3 is 2.53 bits per heavy atom. The summed E-state index contributed by atoms with van der Waals surface area (Å²) in [7, 11) is 1.82. The molecule has 1 fully saturated rings. The molecule has 17 heavy (non-hydrogen) atoms. The van der Waals surface area contributed by atoms with Crippen LogP contribution in [0.4, 0.5) is 0 Å². The van der Waals surface area contributed by atoms with Crippen LogP contribution in [0.1, 0.15) is 17.3 Å². The van der Waals surface area contributed by atoms with Gasteiger partial charge in [0.2, 0.25) is 0 Å². The summed E-state index contributed by atoms with van der Waals surface area (Å²) in [5.41, 5.74) is 0.650. The maximum absolute atomic E-state index is 12.3. The molecule has 0 saturated carbocycles. The molecule has 0 N–H and O–H groups in total. The van der Waals surface area contributed by atoms with Crippen molar-refractivity contribution in [3.63, 3.8) is 0 Å². The molecule has 6 heteroatoms. The van der Waals surface area contributed by atoms with Gasteiger partial charge in [0.25, 0.3) is 5.91 Å². The van der Waals surface area contributed by atoms with E-state index in [0.717, 1.165) is 37.3 Å². The summed E-state index contributed by atoms with van der Waals surface area (Å²) >= 11 is 3.39. The summed E-state index contributed by atoms with van der Waals surface area (Å²) in [4.78, 5) is 16.5. The number of amides is 1. The van der Waals surface area contributed by atoms with Crippen LogP contribution in [0, 0.1) is 0 Å². The van der Waals surface area contributed by atoms with Gasteiger partial charge in [-0.3, -0.25) is 9.48 Å². The third kappa shape index (κ3) is 2.52. The Morgan fingerprint density at radius 2 is 2.06 bits per heavy atom. The Hall–Kier alpha value is -0.880. The lowest BCUT2D eigenvalue weighted by molar-refractivity contribution is 0.0642. The van der Waals surface area contributed by atoms with Crippen LogP contribution in [0.15, 0.2) is 10.8 Å². The number of carbonyl (C=O) groups excluding carboxylic acids is 1. The van der Waals surface area contributed by atoms with Crippen LogP contribution in [0.2, 0.25) is 0 Å². The minimum atomic E-state index is 0.0701. The average molecular weight is 301 g/mol. The molecule has 0 spiro atoms. The quantitative estimate of drug-likeness (QED) is 0.817. The highest BCUT2D eigenvalue weighted by molar-refractivity contribution is 9.10. The van der Waals surface area contributed by atoms with Crippen molar-refractivity contribution < 1.29 is 4.79 Å². The number of halogens is 1. The molecule has 1 saturated heterocycles. The van der Waals surface area contributed by atoms with Crippen molar-refractivity contribution in [2.24, 2.45) is 7.05 Å². The maximum Gasteiger partial charge on any atom is 0.258 e. The van der Waals surface area contributed by atoms with Crippen molar-refractivity contribution in [2.75, 3.05) is 32.7 Å². The molecule has 1 aliphatic heterocycles. The van der Waals surface area contributed by atoms with Gasteiger partial charge in [-0.2, -0.15) is 5.10 Å². The van der Waals surface area contributed by atoms with Crippen molar-refractivity contribution in [3.05, 3.63) is 16.4 Å². The van der Waals surface area contributed by atoms with Crippen molar-refractivity contribution in [2.45, 2.75) is 6.92 Å². The summed E-state index contributed by atoms with van der Waals surface area (Å²) in [6.07, 6.45) is 1.62. The molecule has 0 aliphatic carbocycles. The molecule has 5 nitrogen and oxygen atoms in total. The number of likely N-dealkylation sites (N-methyl/N-ethyl adjacent to an activating group) is 1. The molecule has 2 rings (SSSR count). The molecule has 0 atom stereocenters. The van der Waals surface area contributed by atoms with E-state index in [1.165, 1.54) is 0 Å². The molecule has 0 aromatic carbocycles. The van der Waals surface area contributed by atoms with E-state index in [1.807, 2.05) is 11.9 Å². The monoisotopic (exact) mass is 300 g/mol. The van der Waals surface area contributed by atoms with Gasteiger partial charge < -0.3 is 9.80 Å². The average Bonchev–Trinajstić information content (AvgIpc) is 2.69. The predicted molar refractivity (Wildman–Crippen MR) is 68.9 cm³/mol. The van der Waals surface area contributed by atoms with Gasteiger partial charge in [-0.25, -0.2) is 0 Å². The Bertz CT molecular complexity index is 410. The second-order valence-corrected chi connectivity index (χ2v) is 4.95. The first-order chi connectivity index (χ1) is 8.13. The second-order valence-electron chi connectivity index (χ2n) is 4.20. The number of hydrogen-bond donors (Lipinski definition) is 0. The Morgan fingerprint density at radius 1 is 1.41 bits per heavy atom. The molecule has 0 unspecified atom stereocenters. The SMILES string of the molecule is CCN1CCN(C(=O)c2cnn(C)c2Br)CC1. The Balaban J connectivity index is 2.04. The summed E-state index contributed by atoms with van der Waals surface area (Å²) in [6.45, 7) is 6.72. The number of hydrogen-bond acceptors (Lipinski definition) is 3. The fourth-order valence-electron chi connectivity index (χ4n) is 2.00. The van der Waals surface area contributed by atoms with E-state index in [4.69, 9.17) is 0 Å². The van der Waals surface area contributed by atoms with Crippen LogP contribution in [-0.4, -0.2) is 58.2 Å². The lowest BCUT2D eigenvalue weighted by Crippen LogP contribution is -2.48. The fourth-order valence-corrected chi connectivity index (χ4v) is 2.37. The van der Waals surface area contributed by atoms with E-state index in [-0.39, 0.29) is 5.91 Å². The van der Waals surface area contributed by atoms with Crippen molar-refractivity contribution >= 4 is 21.8 Å². The van der Waals surface area contributed by atoms with Crippen LogP contribution >= 0.6 is 15.9 Å². The lowest BCUT2D eigenvalue weighted by Gasteiger charge is -2.33. The highest BCUT2D eigenvalue weighted by Crippen LogP contribution is 2.17. The van der Waals surface area contributed by atoms with E-state index < -0.39 is 0 Å². The summed E-state index contributed by atoms with van der Waals surface area (Å²) in [6, 6.07) is 0. The first kappa shape index (κ1) is 12.6. The highest BCUT2D eigenvalue weighted by atomic mass is 79.9. The largest absolute Gasteiger partial charge is 0.336 e. The van der Waals surface area contributed by atoms with Gasteiger partial charge in [0.05, 0.1) is 11.8 Å². The normalized spacial score (nSPS) is 17.5. The van der Waals surface area contributed by atoms with E-state index in [0.29, 0.717) is 5.56 Å². The van der Waals surface area contributed by atoms with Gasteiger partial charge in [-0.15, -0.1) is 0 Å². The number of piperazine rings is 1. The number of carbonyl (C=O) groups is 1. The van der Waals surface area contributed by atoms with Gasteiger partial charge in [-0.1, -0.05) is 6.92 Å². The first-order valence-corrected chi connectivity index (χ1v) is 6.62. The third-order valence-electron chi connectivity index (χ3n) is 3.20. The number of nitrogens with zero attached hydrogens (tertiary/aromatic N) is 4. The molecule has 0 bridgehead atoms. The van der Waals surface area contributed by atoms with E-state index in [2.05, 4.69) is 32.9 Å². The molecule has 1 amide bonds. The zero-order valence-electron chi connectivity index (χ0n) is 10.2. The van der Waals surface area contributed by atoms with Gasteiger partial charge in [-0.05, 0) is 22.5 Å². The number of rotatable bonds is 2. The minimum absolute atomic E-state index is 0.0701. The van der Waals surface area contributed by atoms with Crippen LogP contribution in [0.5, 0.6) is 0 Å². The molecule has 1 aromatic rings. The molecular weight excluding hydrogens is 284 g/mol. The van der Waals surface area contributed by atoms with Gasteiger partial charge in [0.15, 0.2) is 0 Å². The van der Waals surface area contributed by atoms with Crippen molar-refractivity contribution in [1.82, 2.24) is 19.6 Å². The first-order valence-electron chi connectivity index (χ1n) is 5.82. The Labute approximate surface area is 110 Å². The zero-order chi connectivity index (χ0) is 12.4. The fraction of sp³-hybridized carbons (Fsp3) is 0.636. The molecular formula is C11H17BrN4O. The zero-order valence-corrected chi connectivity index (χ0v) is 11.8. The molecule has 1 aliphatic rings. The molecule has 0 radical (unpaired) electrons. The topological polar surface area (TPSA) is 41.4 Å². The summed E-state index contributed by atoms with van der Waals surface area (Å²) < 4.78 is 2.41. The van der Waals surface area contributed by atoms with Crippen molar-refractivity contribution in [3.8, 4) is 0 Å². The number of aryl methyl sites for hydroxylation is 1. The standard InChI is InChI=1S/C11H17BrN4O/c1-3-15-4-6-16(7-5-15)11(17)9-8-13-14(2)10(9)12/h8H,3-7H2,1-2H3. The lowest BCUT2D eigenvalue weighted by atomic mass is 10.2. The van der Waals surface area contributed by atoms with Gasteiger partial charge in [0, 0.05) is 33.2 Å². The van der Waals surface area contributed by atoms with Crippen LogP contribution in [0.3, 0.4) is 0 Å². The van der Waals surface area contributed by atoms with Crippen LogP contribution < -0.4 is 0 Å². The molecule has 1 aromatic heterocycles. The van der Waals surface area contributed by atoms with E-state index >= 15 is 0 Å². The van der Waals surface area contributed by atoms with E-state index in [1.54, 1.807) is 10.9 Å². The molecule has 2 heterocycles. The van der Waals surface area contributed by atoms with Crippen LogP contribution in [-0.2, 0) is 7.05 Å². The smallest absolute Gasteiger partial charge is 0.258 e. The Kier molecular flexibility index (Phi) is 3.83. The van der Waals surface area contributed by atoms with Gasteiger partial charge >= 0.3 is 0 Å². The van der Waals surface area contributed by atoms with E-state index in [9.17, 15) is 4.79 Å². The third-order valence-corrected chi connectivity index (χ3v) is 4.14.